The Balaban J connectivity index is 1.48. The Kier molecular flexibility index (Phi) is 4.80. The Bertz CT molecular complexity index is 586. The molecule has 2 aliphatic heterocycles. The van der Waals surface area contributed by atoms with Crippen molar-refractivity contribution in [3.63, 3.8) is 0 Å². The Morgan fingerprint density at radius 2 is 1.96 bits per heavy atom. The second kappa shape index (κ2) is 6.99. The van der Waals surface area contributed by atoms with Crippen LogP contribution in [-0.2, 0) is 14.3 Å². The number of nitrogens with zero attached hydrogens (tertiary/aromatic N) is 3. The number of aromatic nitrogens is 1. The number of carbonyl (C=O) groups excluding carboxylic acids is 3. The molecule has 3 amide bonds. The number of carbonyl (C=O) groups is 3. The third-order valence-electron chi connectivity index (χ3n) is 3.98. The molecule has 3 heterocycles. The van der Waals surface area contributed by atoms with Crippen molar-refractivity contribution < 1.29 is 19.1 Å². The monoisotopic (exact) mass is 335 g/mol. The van der Waals surface area contributed by atoms with E-state index in [0.717, 1.165) is 4.90 Å². The van der Waals surface area contributed by atoms with Crippen molar-refractivity contribution in [3.8, 4) is 0 Å². The maximum absolute atomic E-state index is 12.2. The van der Waals surface area contributed by atoms with Gasteiger partial charge in [0, 0.05) is 36.4 Å². The first kappa shape index (κ1) is 15.8. The summed E-state index contributed by atoms with van der Waals surface area (Å²) in [5, 5.41) is 0. The first-order chi connectivity index (χ1) is 11.1. The lowest BCUT2D eigenvalue weighted by molar-refractivity contribution is -0.131. The molecule has 0 atom stereocenters. The van der Waals surface area contributed by atoms with E-state index in [1.165, 1.54) is 16.7 Å². The molecule has 2 fully saturated rings. The molecule has 1 aromatic heterocycles. The lowest BCUT2D eigenvalue weighted by Gasteiger charge is -2.34. The van der Waals surface area contributed by atoms with Crippen LogP contribution in [0.25, 0.3) is 0 Å². The van der Waals surface area contributed by atoms with E-state index in [9.17, 15) is 14.4 Å². The van der Waals surface area contributed by atoms with Gasteiger partial charge in [-0.15, -0.1) is 11.8 Å². The molecule has 0 radical (unpaired) electrons. The van der Waals surface area contributed by atoms with Gasteiger partial charge in [0.05, 0.1) is 5.75 Å². The number of imide groups is 1. The Morgan fingerprint density at radius 1 is 1.26 bits per heavy atom. The normalized spacial score (nSPS) is 19.1. The summed E-state index contributed by atoms with van der Waals surface area (Å²) in [5.41, 5.74) is 0. The fourth-order valence-corrected chi connectivity index (χ4v) is 3.55. The Morgan fingerprint density at radius 3 is 2.57 bits per heavy atom. The van der Waals surface area contributed by atoms with Gasteiger partial charge in [0.2, 0.25) is 5.91 Å². The molecule has 1 aromatic rings. The number of hydrogen-bond acceptors (Lipinski definition) is 6. The molecular formula is C15H17N3O4S. The summed E-state index contributed by atoms with van der Waals surface area (Å²) >= 11 is 1.48. The van der Waals surface area contributed by atoms with E-state index in [1.54, 1.807) is 17.3 Å². The summed E-state index contributed by atoms with van der Waals surface area (Å²) in [6.45, 7) is 0.940. The molecule has 122 valence electrons. The van der Waals surface area contributed by atoms with Crippen molar-refractivity contribution in [2.24, 2.45) is 0 Å². The van der Waals surface area contributed by atoms with E-state index >= 15 is 0 Å². The van der Waals surface area contributed by atoms with E-state index in [1.807, 2.05) is 12.1 Å². The lowest BCUT2D eigenvalue weighted by Crippen LogP contribution is -2.48. The number of piperidine rings is 1. The van der Waals surface area contributed by atoms with Crippen LogP contribution in [0.2, 0.25) is 0 Å². The number of ether oxygens (including phenoxy) is 1. The van der Waals surface area contributed by atoms with Crippen molar-refractivity contribution in [3.05, 3.63) is 24.5 Å². The third kappa shape index (κ3) is 3.64. The quantitative estimate of drug-likeness (QED) is 0.768. The molecule has 3 rings (SSSR count). The minimum Gasteiger partial charge on any atom is -0.439 e. The SMILES string of the molecule is O=C(CSc1ccncc1)N1CCC(N2C(=O)COC2=O)CC1. The van der Waals surface area contributed by atoms with Crippen molar-refractivity contribution in [2.75, 3.05) is 25.4 Å². The van der Waals surface area contributed by atoms with E-state index in [4.69, 9.17) is 4.74 Å². The summed E-state index contributed by atoms with van der Waals surface area (Å²) in [4.78, 5) is 43.4. The largest absolute Gasteiger partial charge is 0.439 e. The molecule has 0 bridgehead atoms. The van der Waals surface area contributed by atoms with Crippen LogP contribution in [0.4, 0.5) is 4.79 Å². The molecule has 0 unspecified atom stereocenters. The highest BCUT2D eigenvalue weighted by Gasteiger charge is 2.38. The molecule has 8 heteroatoms. The fraction of sp³-hybridized carbons (Fsp3) is 0.467. The van der Waals surface area contributed by atoms with E-state index in [-0.39, 0.29) is 24.5 Å². The van der Waals surface area contributed by atoms with Gasteiger partial charge in [0.1, 0.15) is 0 Å². The average molecular weight is 335 g/mol. The van der Waals surface area contributed by atoms with E-state index in [2.05, 4.69) is 4.98 Å². The van der Waals surface area contributed by atoms with Crippen LogP contribution in [0.3, 0.4) is 0 Å². The van der Waals surface area contributed by atoms with Crippen LogP contribution in [0.1, 0.15) is 12.8 Å². The predicted octanol–water partition coefficient (Wildman–Crippen LogP) is 1.14. The third-order valence-corrected chi connectivity index (χ3v) is 4.98. The molecule has 2 aliphatic rings. The molecule has 0 saturated carbocycles. The van der Waals surface area contributed by atoms with Gasteiger partial charge in [-0.2, -0.15) is 0 Å². The number of cyclic esters (lactones) is 1. The highest BCUT2D eigenvalue weighted by atomic mass is 32.2. The van der Waals surface area contributed by atoms with E-state index in [0.29, 0.717) is 31.7 Å². The second-order valence-corrected chi connectivity index (χ2v) is 6.45. The standard InChI is InChI=1S/C15H17N3O4S/c19-13-9-22-15(21)18(13)11-3-7-17(8-4-11)14(20)10-23-12-1-5-16-6-2-12/h1-2,5-6,11H,3-4,7-10H2. The molecule has 0 spiro atoms. The predicted molar refractivity (Wildman–Crippen MR) is 82.8 cm³/mol. The van der Waals surface area contributed by atoms with Crippen molar-refractivity contribution in [1.29, 1.82) is 0 Å². The van der Waals surface area contributed by atoms with Gasteiger partial charge in [-0.25, -0.2) is 9.69 Å². The molecular weight excluding hydrogens is 318 g/mol. The first-order valence-corrected chi connectivity index (χ1v) is 8.43. The zero-order valence-electron chi connectivity index (χ0n) is 12.5. The topological polar surface area (TPSA) is 79.8 Å². The maximum Gasteiger partial charge on any atom is 0.417 e. The fourth-order valence-electron chi connectivity index (χ4n) is 2.76. The average Bonchev–Trinajstić information content (AvgIpc) is 2.92. The molecule has 0 aromatic carbocycles. The number of rotatable bonds is 4. The molecule has 23 heavy (non-hydrogen) atoms. The minimum absolute atomic E-state index is 0.0700. The van der Waals surface area contributed by atoms with Crippen molar-refractivity contribution in [1.82, 2.24) is 14.8 Å². The number of amides is 3. The number of likely N-dealkylation sites (tertiary alicyclic amines) is 1. The van der Waals surface area contributed by atoms with Crippen molar-refractivity contribution >= 4 is 29.7 Å². The van der Waals surface area contributed by atoms with E-state index < -0.39 is 6.09 Å². The minimum atomic E-state index is -0.562. The van der Waals surface area contributed by atoms with Gasteiger partial charge >= 0.3 is 6.09 Å². The van der Waals surface area contributed by atoms with Gasteiger partial charge in [-0.1, -0.05) is 0 Å². The first-order valence-electron chi connectivity index (χ1n) is 7.44. The number of thioether (sulfide) groups is 1. The Labute approximate surface area is 138 Å². The maximum atomic E-state index is 12.2. The van der Waals surface area contributed by atoms with Gasteiger partial charge in [-0.05, 0) is 25.0 Å². The van der Waals surface area contributed by atoms with Crippen LogP contribution in [0.5, 0.6) is 0 Å². The van der Waals surface area contributed by atoms with Crippen LogP contribution in [-0.4, -0.2) is 64.2 Å². The highest BCUT2D eigenvalue weighted by Crippen LogP contribution is 2.22. The van der Waals surface area contributed by atoms with Gasteiger partial charge < -0.3 is 9.64 Å². The molecule has 2 saturated heterocycles. The second-order valence-electron chi connectivity index (χ2n) is 5.40. The van der Waals surface area contributed by atoms with Crippen LogP contribution >= 0.6 is 11.8 Å². The number of pyridine rings is 1. The van der Waals surface area contributed by atoms with Crippen LogP contribution in [0.15, 0.2) is 29.4 Å². The lowest BCUT2D eigenvalue weighted by atomic mass is 10.0. The zero-order chi connectivity index (χ0) is 16.2. The van der Waals surface area contributed by atoms with Crippen LogP contribution < -0.4 is 0 Å². The molecule has 0 aliphatic carbocycles. The molecule has 7 nitrogen and oxygen atoms in total. The summed E-state index contributed by atoms with van der Waals surface area (Å²) in [6.07, 6.45) is 4.04. The summed E-state index contributed by atoms with van der Waals surface area (Å²) < 4.78 is 4.74. The Hall–Kier alpha value is -2.09. The highest BCUT2D eigenvalue weighted by molar-refractivity contribution is 8.00. The summed E-state index contributed by atoms with van der Waals surface area (Å²) in [6, 6.07) is 3.58. The van der Waals surface area contributed by atoms with Crippen LogP contribution in [0, 0.1) is 0 Å². The zero-order valence-corrected chi connectivity index (χ0v) is 13.3. The number of hydrogen-bond donors (Lipinski definition) is 0. The summed E-state index contributed by atoms with van der Waals surface area (Å²) in [5.74, 6) is 0.160. The van der Waals surface area contributed by atoms with Gasteiger partial charge in [0.15, 0.2) is 6.61 Å². The molecule has 0 N–H and O–H groups in total. The van der Waals surface area contributed by atoms with Gasteiger partial charge in [0.25, 0.3) is 5.91 Å². The smallest absolute Gasteiger partial charge is 0.417 e. The summed E-state index contributed by atoms with van der Waals surface area (Å²) in [7, 11) is 0. The van der Waals surface area contributed by atoms with Gasteiger partial charge in [-0.3, -0.25) is 14.6 Å². The van der Waals surface area contributed by atoms with Crippen molar-refractivity contribution in [2.45, 2.75) is 23.8 Å².